The van der Waals surface area contributed by atoms with Crippen LogP contribution in [0, 0.1) is 0 Å². The Hall–Kier alpha value is 0.0700. The zero-order chi connectivity index (χ0) is 9.23. The number of ether oxygens (including phenoxy) is 1. The molecule has 0 radical (unpaired) electrons. The second-order valence-electron chi connectivity index (χ2n) is 2.25. The Morgan fingerprint density at radius 1 is 1.33 bits per heavy atom. The van der Waals surface area contributed by atoms with Crippen molar-refractivity contribution in [2.45, 2.75) is 12.8 Å². The van der Waals surface area contributed by atoms with Crippen LogP contribution in [0.4, 0.5) is 8.78 Å². The summed E-state index contributed by atoms with van der Waals surface area (Å²) in [4.78, 5) is 0. The molecular formula is C7H14ClF2NO. The average molecular weight is 202 g/mol. The largest absolute Gasteiger partial charge is 0.380 e. The molecule has 0 aliphatic rings. The van der Waals surface area contributed by atoms with Crippen LogP contribution in [0.2, 0.25) is 0 Å². The lowest BCUT2D eigenvalue weighted by molar-refractivity contribution is 0.134. The van der Waals surface area contributed by atoms with Gasteiger partial charge >= 0.3 is 0 Å². The fraction of sp³-hybridized carbons (Fsp3) is 1.00. The van der Waals surface area contributed by atoms with Gasteiger partial charge in [0.1, 0.15) is 0 Å². The predicted octanol–water partition coefficient (Wildman–Crippen LogP) is 1.49. The first-order valence-electron chi connectivity index (χ1n) is 3.90. The van der Waals surface area contributed by atoms with E-state index in [0.29, 0.717) is 25.6 Å². The van der Waals surface area contributed by atoms with Gasteiger partial charge in [-0.15, -0.1) is 11.6 Å². The van der Waals surface area contributed by atoms with E-state index in [-0.39, 0.29) is 6.54 Å². The number of nitrogens with one attached hydrogen (secondary N) is 1. The van der Waals surface area contributed by atoms with Crippen LogP contribution < -0.4 is 5.32 Å². The second kappa shape index (κ2) is 9.16. The standard InChI is InChI=1S/C7H14ClF2NO/c8-2-5-12-4-1-3-11-6-7(9)10/h7,11H,1-6H2. The second-order valence-corrected chi connectivity index (χ2v) is 2.63. The van der Waals surface area contributed by atoms with Crippen molar-refractivity contribution in [2.75, 3.05) is 32.2 Å². The minimum atomic E-state index is -2.27. The molecule has 0 amide bonds. The topological polar surface area (TPSA) is 21.3 Å². The van der Waals surface area contributed by atoms with E-state index in [2.05, 4.69) is 5.32 Å². The van der Waals surface area contributed by atoms with E-state index in [1.165, 1.54) is 0 Å². The van der Waals surface area contributed by atoms with Gasteiger partial charge in [-0.25, -0.2) is 8.78 Å². The van der Waals surface area contributed by atoms with Crippen LogP contribution in [-0.2, 0) is 4.74 Å². The molecule has 74 valence electrons. The van der Waals surface area contributed by atoms with Crippen molar-refractivity contribution >= 4 is 11.6 Å². The van der Waals surface area contributed by atoms with E-state index >= 15 is 0 Å². The Morgan fingerprint density at radius 3 is 2.67 bits per heavy atom. The summed E-state index contributed by atoms with van der Waals surface area (Å²) in [6.45, 7) is 1.42. The minimum absolute atomic E-state index is 0.241. The van der Waals surface area contributed by atoms with Crippen LogP contribution in [0.15, 0.2) is 0 Å². The summed E-state index contributed by atoms with van der Waals surface area (Å²) in [6.07, 6.45) is -1.53. The smallest absolute Gasteiger partial charge is 0.250 e. The van der Waals surface area contributed by atoms with Crippen molar-refractivity contribution in [3.63, 3.8) is 0 Å². The molecule has 0 unspecified atom stereocenters. The maximum atomic E-state index is 11.6. The number of halogens is 3. The summed E-state index contributed by atoms with van der Waals surface area (Å²) >= 11 is 5.34. The lowest BCUT2D eigenvalue weighted by Gasteiger charge is -2.03. The summed E-state index contributed by atoms with van der Waals surface area (Å²) in [6, 6.07) is 0. The van der Waals surface area contributed by atoms with Crippen molar-refractivity contribution in [1.82, 2.24) is 5.32 Å². The van der Waals surface area contributed by atoms with Crippen molar-refractivity contribution in [1.29, 1.82) is 0 Å². The highest BCUT2D eigenvalue weighted by molar-refractivity contribution is 6.17. The van der Waals surface area contributed by atoms with E-state index in [9.17, 15) is 8.78 Å². The summed E-state index contributed by atoms with van der Waals surface area (Å²) in [7, 11) is 0. The van der Waals surface area contributed by atoms with E-state index in [0.717, 1.165) is 6.42 Å². The quantitative estimate of drug-likeness (QED) is 0.475. The molecule has 0 rings (SSSR count). The summed E-state index contributed by atoms with van der Waals surface area (Å²) in [5.41, 5.74) is 0. The molecule has 0 spiro atoms. The summed E-state index contributed by atoms with van der Waals surface area (Å²) in [5.74, 6) is 0.477. The molecule has 2 nitrogen and oxygen atoms in total. The van der Waals surface area contributed by atoms with E-state index < -0.39 is 6.43 Å². The number of alkyl halides is 3. The van der Waals surface area contributed by atoms with Gasteiger partial charge in [0.2, 0.25) is 0 Å². The molecular weight excluding hydrogens is 188 g/mol. The zero-order valence-electron chi connectivity index (χ0n) is 6.86. The monoisotopic (exact) mass is 201 g/mol. The Balaban J connectivity index is 2.82. The zero-order valence-corrected chi connectivity index (χ0v) is 7.62. The first-order valence-corrected chi connectivity index (χ1v) is 4.43. The Kier molecular flexibility index (Phi) is 9.21. The highest BCUT2D eigenvalue weighted by Crippen LogP contribution is 1.88. The first kappa shape index (κ1) is 12.1. The van der Waals surface area contributed by atoms with Crippen LogP contribution in [-0.4, -0.2) is 38.6 Å². The molecule has 0 heterocycles. The molecule has 0 saturated carbocycles. The van der Waals surface area contributed by atoms with E-state index in [4.69, 9.17) is 16.3 Å². The lowest BCUT2D eigenvalue weighted by atomic mass is 10.4. The predicted molar refractivity (Wildman–Crippen MR) is 45.0 cm³/mol. The highest BCUT2D eigenvalue weighted by atomic mass is 35.5. The molecule has 1 N–H and O–H groups in total. The van der Waals surface area contributed by atoms with E-state index in [1.807, 2.05) is 0 Å². The van der Waals surface area contributed by atoms with Gasteiger partial charge < -0.3 is 10.1 Å². The highest BCUT2D eigenvalue weighted by Gasteiger charge is 1.99. The Bertz CT molecular complexity index is 95.5. The molecule has 0 aromatic carbocycles. The molecule has 0 atom stereocenters. The van der Waals surface area contributed by atoms with Gasteiger partial charge in [0.05, 0.1) is 13.2 Å². The van der Waals surface area contributed by atoms with Gasteiger partial charge in [-0.1, -0.05) is 0 Å². The van der Waals surface area contributed by atoms with Crippen molar-refractivity contribution in [3.8, 4) is 0 Å². The van der Waals surface area contributed by atoms with Crippen LogP contribution in [0.1, 0.15) is 6.42 Å². The van der Waals surface area contributed by atoms with Crippen molar-refractivity contribution < 1.29 is 13.5 Å². The Morgan fingerprint density at radius 2 is 2.08 bits per heavy atom. The number of hydrogen-bond donors (Lipinski definition) is 1. The van der Waals surface area contributed by atoms with Crippen molar-refractivity contribution in [3.05, 3.63) is 0 Å². The fourth-order valence-electron chi connectivity index (χ4n) is 0.667. The maximum Gasteiger partial charge on any atom is 0.250 e. The molecule has 0 bridgehead atoms. The normalized spacial score (nSPS) is 11.0. The lowest BCUT2D eigenvalue weighted by Crippen LogP contribution is -2.23. The van der Waals surface area contributed by atoms with Gasteiger partial charge in [0.15, 0.2) is 0 Å². The van der Waals surface area contributed by atoms with Gasteiger partial charge in [0.25, 0.3) is 6.43 Å². The first-order chi connectivity index (χ1) is 5.77. The molecule has 5 heteroatoms. The summed E-state index contributed by atoms with van der Waals surface area (Å²) < 4.78 is 28.1. The third-order valence-electron chi connectivity index (χ3n) is 1.16. The van der Waals surface area contributed by atoms with Gasteiger partial charge in [-0.2, -0.15) is 0 Å². The molecule has 0 aliphatic carbocycles. The molecule has 0 aliphatic heterocycles. The number of hydrogen-bond acceptors (Lipinski definition) is 2. The molecule has 0 aromatic rings. The van der Waals surface area contributed by atoms with E-state index in [1.54, 1.807) is 0 Å². The average Bonchev–Trinajstić information content (AvgIpc) is 2.02. The SMILES string of the molecule is FC(F)CNCCCOCCCl. The molecule has 0 saturated heterocycles. The van der Waals surface area contributed by atoms with Crippen LogP contribution in [0.3, 0.4) is 0 Å². The molecule has 0 aromatic heterocycles. The maximum absolute atomic E-state index is 11.6. The number of rotatable bonds is 8. The fourth-order valence-corrected chi connectivity index (χ4v) is 0.776. The third kappa shape index (κ3) is 10.1. The summed E-state index contributed by atoms with van der Waals surface area (Å²) in [5, 5.41) is 2.60. The minimum Gasteiger partial charge on any atom is -0.380 e. The van der Waals surface area contributed by atoms with Crippen LogP contribution >= 0.6 is 11.6 Å². The third-order valence-corrected chi connectivity index (χ3v) is 1.32. The molecule has 0 fully saturated rings. The van der Waals surface area contributed by atoms with Crippen molar-refractivity contribution in [2.24, 2.45) is 0 Å². The van der Waals surface area contributed by atoms with Gasteiger partial charge in [-0.3, -0.25) is 0 Å². The van der Waals surface area contributed by atoms with Crippen LogP contribution in [0.5, 0.6) is 0 Å². The Labute approximate surface area is 76.2 Å². The molecule has 12 heavy (non-hydrogen) atoms. The van der Waals surface area contributed by atoms with Crippen LogP contribution in [0.25, 0.3) is 0 Å². The van der Waals surface area contributed by atoms with Gasteiger partial charge in [-0.05, 0) is 13.0 Å². The van der Waals surface area contributed by atoms with Gasteiger partial charge in [0, 0.05) is 12.5 Å².